The molecule has 1 heterocycles. The number of hydrogen-bond donors (Lipinski definition) is 3. The van der Waals surface area contributed by atoms with Crippen molar-refractivity contribution in [3.8, 4) is 5.75 Å². The van der Waals surface area contributed by atoms with Crippen molar-refractivity contribution in [2.75, 3.05) is 20.2 Å². The Hall–Kier alpha value is -3.81. The van der Waals surface area contributed by atoms with E-state index in [9.17, 15) is 4.79 Å². The van der Waals surface area contributed by atoms with E-state index in [0.717, 1.165) is 22.4 Å². The Labute approximate surface area is 188 Å². The molecule has 0 aliphatic heterocycles. The number of nitrogens with zero attached hydrogens (tertiary/aromatic N) is 3. The molecule has 0 aliphatic rings. The van der Waals surface area contributed by atoms with Crippen molar-refractivity contribution in [3.05, 3.63) is 83.7 Å². The zero-order chi connectivity index (χ0) is 22.6. The number of rotatable bonds is 10. The maximum atomic E-state index is 12.3. The predicted octanol–water partition coefficient (Wildman–Crippen LogP) is 2.31. The van der Waals surface area contributed by atoms with Crippen LogP contribution in [0, 0.1) is 0 Å². The van der Waals surface area contributed by atoms with Gasteiger partial charge in [-0.3, -0.25) is 9.48 Å². The number of nitrogens with one attached hydrogen (secondary N) is 3. The zero-order valence-electron chi connectivity index (χ0n) is 18.5. The van der Waals surface area contributed by atoms with Gasteiger partial charge in [0, 0.05) is 25.5 Å². The summed E-state index contributed by atoms with van der Waals surface area (Å²) in [5, 5.41) is 13.5. The molecule has 2 aromatic carbocycles. The Kier molecular flexibility index (Phi) is 8.68. The number of carbonyl (C=O) groups is 1. The first kappa shape index (κ1) is 22.9. The van der Waals surface area contributed by atoms with Gasteiger partial charge in [-0.2, -0.15) is 5.10 Å². The number of amides is 1. The average molecular weight is 435 g/mol. The molecular weight excluding hydrogens is 404 g/mol. The van der Waals surface area contributed by atoms with Crippen molar-refractivity contribution in [1.29, 1.82) is 0 Å². The van der Waals surface area contributed by atoms with Gasteiger partial charge in [0.2, 0.25) is 5.91 Å². The first-order valence-corrected chi connectivity index (χ1v) is 10.6. The van der Waals surface area contributed by atoms with Crippen LogP contribution >= 0.6 is 0 Å². The number of hydrogen-bond acceptors (Lipinski definition) is 4. The van der Waals surface area contributed by atoms with Crippen LogP contribution in [0.25, 0.3) is 0 Å². The van der Waals surface area contributed by atoms with E-state index in [-0.39, 0.29) is 12.5 Å². The second-order valence-corrected chi connectivity index (χ2v) is 7.15. The quantitative estimate of drug-likeness (QED) is 0.336. The maximum absolute atomic E-state index is 12.3. The SMILES string of the molecule is CCNC(=NCc1ccccc1Cn1cccn1)NCC(=O)NCc1ccc(OC)cc1. The predicted molar refractivity (Wildman–Crippen MR) is 125 cm³/mol. The summed E-state index contributed by atoms with van der Waals surface area (Å²) in [4.78, 5) is 16.9. The van der Waals surface area contributed by atoms with E-state index in [0.29, 0.717) is 32.1 Å². The van der Waals surface area contributed by atoms with E-state index in [4.69, 9.17) is 4.74 Å². The number of benzene rings is 2. The van der Waals surface area contributed by atoms with Gasteiger partial charge < -0.3 is 20.7 Å². The van der Waals surface area contributed by atoms with Crippen molar-refractivity contribution < 1.29 is 9.53 Å². The Balaban J connectivity index is 1.53. The van der Waals surface area contributed by atoms with Gasteiger partial charge in [-0.15, -0.1) is 0 Å². The molecule has 168 valence electrons. The van der Waals surface area contributed by atoms with Crippen molar-refractivity contribution in [2.45, 2.75) is 26.6 Å². The molecule has 32 heavy (non-hydrogen) atoms. The number of carbonyl (C=O) groups excluding carboxylic acids is 1. The summed E-state index contributed by atoms with van der Waals surface area (Å²) in [7, 11) is 1.63. The summed E-state index contributed by atoms with van der Waals surface area (Å²) >= 11 is 0. The first-order chi connectivity index (χ1) is 15.7. The van der Waals surface area contributed by atoms with Gasteiger partial charge in [0.15, 0.2) is 5.96 Å². The van der Waals surface area contributed by atoms with Crippen molar-refractivity contribution in [2.24, 2.45) is 4.99 Å². The summed E-state index contributed by atoms with van der Waals surface area (Å²) in [6.45, 7) is 4.48. The number of guanidine groups is 1. The molecule has 1 amide bonds. The van der Waals surface area contributed by atoms with Gasteiger partial charge in [0.05, 0.1) is 26.7 Å². The van der Waals surface area contributed by atoms with Crippen LogP contribution in [0.2, 0.25) is 0 Å². The molecule has 0 atom stereocenters. The fourth-order valence-corrected chi connectivity index (χ4v) is 3.11. The van der Waals surface area contributed by atoms with Crippen LogP contribution in [-0.2, 0) is 24.4 Å². The Bertz CT molecular complexity index is 1000. The van der Waals surface area contributed by atoms with Crippen molar-refractivity contribution in [1.82, 2.24) is 25.7 Å². The van der Waals surface area contributed by atoms with E-state index in [2.05, 4.69) is 38.2 Å². The normalized spacial score (nSPS) is 11.1. The van der Waals surface area contributed by atoms with Gasteiger partial charge in [-0.1, -0.05) is 36.4 Å². The second-order valence-electron chi connectivity index (χ2n) is 7.15. The van der Waals surface area contributed by atoms with Crippen LogP contribution in [-0.4, -0.2) is 41.8 Å². The fraction of sp³-hybridized carbons (Fsp3) is 0.292. The third kappa shape index (κ3) is 7.16. The lowest BCUT2D eigenvalue weighted by Crippen LogP contribution is -2.43. The zero-order valence-corrected chi connectivity index (χ0v) is 18.5. The molecule has 0 saturated heterocycles. The molecule has 0 bridgehead atoms. The molecule has 0 unspecified atom stereocenters. The standard InChI is InChI=1S/C24H30N6O2/c1-3-25-24(28-17-23(31)26-15-19-9-11-22(32-2)12-10-19)27-16-20-7-4-5-8-21(20)18-30-14-6-13-29-30/h4-14H,3,15-18H2,1-2H3,(H,26,31)(H2,25,27,28). The van der Waals surface area contributed by atoms with E-state index >= 15 is 0 Å². The number of ether oxygens (including phenoxy) is 1. The Morgan fingerprint density at radius 1 is 1.03 bits per heavy atom. The smallest absolute Gasteiger partial charge is 0.239 e. The Morgan fingerprint density at radius 3 is 2.50 bits per heavy atom. The molecule has 8 heteroatoms. The first-order valence-electron chi connectivity index (χ1n) is 10.6. The summed E-state index contributed by atoms with van der Waals surface area (Å²) < 4.78 is 7.04. The molecule has 0 aliphatic carbocycles. The minimum Gasteiger partial charge on any atom is -0.497 e. The van der Waals surface area contributed by atoms with Crippen molar-refractivity contribution >= 4 is 11.9 Å². The Morgan fingerprint density at radius 2 is 1.81 bits per heavy atom. The third-order valence-electron chi connectivity index (χ3n) is 4.83. The summed E-state index contributed by atoms with van der Waals surface area (Å²) in [6, 6.07) is 17.7. The third-order valence-corrected chi connectivity index (χ3v) is 4.83. The van der Waals surface area contributed by atoms with E-state index in [1.54, 1.807) is 13.3 Å². The largest absolute Gasteiger partial charge is 0.497 e. The molecule has 8 nitrogen and oxygen atoms in total. The lowest BCUT2D eigenvalue weighted by atomic mass is 10.1. The minimum atomic E-state index is -0.106. The van der Waals surface area contributed by atoms with Crippen LogP contribution in [0.1, 0.15) is 23.6 Å². The van der Waals surface area contributed by atoms with E-state index in [1.807, 2.05) is 60.3 Å². The molecule has 3 aromatic rings. The van der Waals surface area contributed by atoms with Crippen LogP contribution in [0.3, 0.4) is 0 Å². The van der Waals surface area contributed by atoms with Crippen LogP contribution in [0.4, 0.5) is 0 Å². The average Bonchev–Trinajstić information content (AvgIpc) is 3.34. The monoisotopic (exact) mass is 434 g/mol. The maximum Gasteiger partial charge on any atom is 0.239 e. The van der Waals surface area contributed by atoms with Crippen LogP contribution in [0.15, 0.2) is 72.0 Å². The summed E-state index contributed by atoms with van der Waals surface area (Å²) in [5.74, 6) is 1.28. The van der Waals surface area contributed by atoms with E-state index < -0.39 is 0 Å². The molecule has 3 N–H and O–H groups in total. The van der Waals surface area contributed by atoms with Gasteiger partial charge in [-0.25, -0.2) is 4.99 Å². The number of aromatic nitrogens is 2. The molecular formula is C24H30N6O2. The van der Waals surface area contributed by atoms with Crippen molar-refractivity contribution in [3.63, 3.8) is 0 Å². The molecule has 0 spiro atoms. The summed E-state index contributed by atoms with van der Waals surface area (Å²) in [5.41, 5.74) is 3.28. The molecule has 0 fully saturated rings. The minimum absolute atomic E-state index is 0.106. The van der Waals surface area contributed by atoms with Gasteiger partial charge >= 0.3 is 0 Å². The van der Waals surface area contributed by atoms with Gasteiger partial charge in [-0.05, 0) is 41.8 Å². The highest BCUT2D eigenvalue weighted by molar-refractivity contribution is 5.86. The van der Waals surface area contributed by atoms with Crippen LogP contribution in [0.5, 0.6) is 5.75 Å². The van der Waals surface area contributed by atoms with Crippen LogP contribution < -0.4 is 20.7 Å². The molecule has 0 radical (unpaired) electrons. The number of aliphatic imine (C=N–C) groups is 1. The summed E-state index contributed by atoms with van der Waals surface area (Å²) in [6.07, 6.45) is 3.71. The highest BCUT2D eigenvalue weighted by atomic mass is 16.5. The number of methoxy groups -OCH3 is 1. The molecule has 0 saturated carbocycles. The second kappa shape index (κ2) is 12.1. The lowest BCUT2D eigenvalue weighted by molar-refractivity contribution is -0.120. The molecule has 3 rings (SSSR count). The molecule has 1 aromatic heterocycles. The van der Waals surface area contributed by atoms with Gasteiger partial charge in [0.25, 0.3) is 0 Å². The lowest BCUT2D eigenvalue weighted by Gasteiger charge is -2.13. The topological polar surface area (TPSA) is 92.6 Å². The highest BCUT2D eigenvalue weighted by Crippen LogP contribution is 2.12. The van der Waals surface area contributed by atoms with E-state index in [1.165, 1.54) is 0 Å². The van der Waals surface area contributed by atoms with Gasteiger partial charge in [0.1, 0.15) is 5.75 Å². The highest BCUT2D eigenvalue weighted by Gasteiger charge is 2.06. The fourth-order valence-electron chi connectivity index (χ4n) is 3.11.